The van der Waals surface area contributed by atoms with Gasteiger partial charge in [0.25, 0.3) is 5.91 Å². The number of benzene rings is 2. The molecule has 0 saturated carbocycles. The first-order valence-electron chi connectivity index (χ1n) is 12.3. The Morgan fingerprint density at radius 3 is 2.13 bits per heavy atom. The molecule has 8 nitrogen and oxygen atoms in total. The third-order valence-electron chi connectivity index (χ3n) is 6.59. The molecule has 12 heteroatoms. The summed E-state index contributed by atoms with van der Waals surface area (Å²) in [6.45, 7) is 1.88. The van der Waals surface area contributed by atoms with Crippen molar-refractivity contribution in [1.29, 1.82) is 0 Å². The van der Waals surface area contributed by atoms with Crippen LogP contribution in [-0.4, -0.2) is 68.4 Å². The van der Waals surface area contributed by atoms with Gasteiger partial charge in [0, 0.05) is 50.7 Å². The largest absolute Gasteiger partial charge is 0.417 e. The molecule has 2 aliphatic rings. The third kappa shape index (κ3) is 5.95. The zero-order valence-corrected chi connectivity index (χ0v) is 21.6. The zero-order valence-electron chi connectivity index (χ0n) is 20.8. The molecule has 0 spiro atoms. The van der Waals surface area contributed by atoms with Crippen molar-refractivity contribution in [1.82, 2.24) is 14.9 Å². The van der Waals surface area contributed by atoms with Crippen molar-refractivity contribution in [3.8, 4) is 11.8 Å². The van der Waals surface area contributed by atoms with E-state index in [0.29, 0.717) is 36.9 Å². The lowest BCUT2D eigenvalue weighted by molar-refractivity contribution is -0.138. The number of anilines is 2. The van der Waals surface area contributed by atoms with Crippen molar-refractivity contribution in [2.75, 3.05) is 47.7 Å². The minimum Gasteiger partial charge on any atom is -0.337 e. The predicted octanol–water partition coefficient (Wildman–Crippen LogP) is 4.73. The topological polar surface area (TPSA) is 93.0 Å². The number of hydrogen-bond acceptors (Lipinski definition) is 7. The molecule has 2 saturated heterocycles. The molecule has 0 bridgehead atoms. The van der Waals surface area contributed by atoms with Gasteiger partial charge in [-0.3, -0.25) is 18.2 Å². The SMILES string of the molecule is O=C(c1ccccc1C(F)(F)F)N1CCN(c2ncc(C#Cc3ccc(N4CCCS4(O)O)cc3)cn2)CC1. The van der Waals surface area contributed by atoms with Gasteiger partial charge in [0.05, 0.1) is 28.1 Å². The molecule has 2 aromatic carbocycles. The second kappa shape index (κ2) is 10.8. The summed E-state index contributed by atoms with van der Waals surface area (Å²) in [5.41, 5.74) is 0.829. The molecule has 1 aromatic heterocycles. The molecule has 2 fully saturated rings. The second-order valence-corrected chi connectivity index (χ2v) is 11.3. The van der Waals surface area contributed by atoms with Crippen molar-refractivity contribution >= 4 is 28.3 Å². The van der Waals surface area contributed by atoms with Crippen LogP contribution >= 0.6 is 10.8 Å². The van der Waals surface area contributed by atoms with Gasteiger partial charge >= 0.3 is 6.18 Å². The monoisotopic (exact) mass is 557 g/mol. The smallest absolute Gasteiger partial charge is 0.337 e. The molecule has 2 aliphatic heterocycles. The number of rotatable bonds is 3. The number of hydrogen-bond donors (Lipinski definition) is 2. The summed E-state index contributed by atoms with van der Waals surface area (Å²) >= 11 is 0. The lowest BCUT2D eigenvalue weighted by Gasteiger charge is -2.38. The van der Waals surface area contributed by atoms with Gasteiger partial charge in [-0.05, 0) is 42.8 Å². The van der Waals surface area contributed by atoms with Crippen LogP contribution in [0.4, 0.5) is 24.8 Å². The molecule has 5 rings (SSSR count). The van der Waals surface area contributed by atoms with E-state index in [2.05, 4.69) is 21.8 Å². The van der Waals surface area contributed by atoms with Crippen LogP contribution in [0, 0.1) is 11.8 Å². The number of alkyl halides is 3. The Hall–Kier alpha value is -3.79. The fraction of sp³-hybridized carbons (Fsp3) is 0.296. The maximum absolute atomic E-state index is 13.3. The van der Waals surface area contributed by atoms with Crippen LogP contribution < -0.4 is 9.21 Å². The van der Waals surface area contributed by atoms with E-state index < -0.39 is 28.4 Å². The van der Waals surface area contributed by atoms with Crippen LogP contribution in [0.15, 0.2) is 60.9 Å². The zero-order chi connectivity index (χ0) is 27.6. The van der Waals surface area contributed by atoms with E-state index >= 15 is 0 Å². The van der Waals surface area contributed by atoms with E-state index in [1.54, 1.807) is 16.7 Å². The van der Waals surface area contributed by atoms with E-state index in [1.807, 2.05) is 29.2 Å². The molecular formula is C27H26F3N5O3S. The maximum Gasteiger partial charge on any atom is 0.417 e. The van der Waals surface area contributed by atoms with Gasteiger partial charge in [-0.2, -0.15) is 13.2 Å². The first-order valence-corrected chi connectivity index (χ1v) is 14.0. The minimum atomic E-state index is -4.60. The van der Waals surface area contributed by atoms with Crippen LogP contribution in [0.2, 0.25) is 0 Å². The Balaban J connectivity index is 1.18. The number of carbonyl (C=O) groups is 1. The molecule has 1 amide bonds. The summed E-state index contributed by atoms with van der Waals surface area (Å²) in [5.74, 6) is 6.25. The van der Waals surface area contributed by atoms with Crippen LogP contribution in [0.5, 0.6) is 0 Å². The van der Waals surface area contributed by atoms with Gasteiger partial charge < -0.3 is 9.80 Å². The summed E-state index contributed by atoms with van der Waals surface area (Å²) in [7, 11) is -2.73. The Kier molecular flexibility index (Phi) is 7.40. The first kappa shape index (κ1) is 26.8. The number of halogens is 3. The highest BCUT2D eigenvalue weighted by atomic mass is 32.3. The molecule has 0 aliphatic carbocycles. The molecule has 204 valence electrons. The average molecular weight is 558 g/mol. The van der Waals surface area contributed by atoms with E-state index in [0.717, 1.165) is 23.7 Å². The Labute approximate surface area is 225 Å². The lowest BCUT2D eigenvalue weighted by atomic mass is 10.1. The van der Waals surface area contributed by atoms with Crippen molar-refractivity contribution < 1.29 is 27.1 Å². The van der Waals surface area contributed by atoms with Crippen molar-refractivity contribution in [3.05, 3.63) is 83.2 Å². The molecular weight excluding hydrogens is 531 g/mol. The highest BCUT2D eigenvalue weighted by molar-refractivity contribution is 8.25. The minimum absolute atomic E-state index is 0.249. The summed E-state index contributed by atoms with van der Waals surface area (Å²) in [5, 5.41) is 0. The first-order chi connectivity index (χ1) is 18.6. The van der Waals surface area contributed by atoms with E-state index in [-0.39, 0.29) is 18.7 Å². The van der Waals surface area contributed by atoms with Crippen LogP contribution in [0.25, 0.3) is 0 Å². The number of nitrogens with zero attached hydrogens (tertiary/aromatic N) is 5. The highest BCUT2D eigenvalue weighted by Crippen LogP contribution is 2.50. The van der Waals surface area contributed by atoms with Crippen molar-refractivity contribution in [2.45, 2.75) is 12.6 Å². The predicted molar refractivity (Wildman–Crippen MR) is 144 cm³/mol. The molecule has 0 unspecified atom stereocenters. The number of piperazine rings is 1. The fourth-order valence-corrected chi connectivity index (χ4v) is 6.17. The molecule has 39 heavy (non-hydrogen) atoms. The van der Waals surface area contributed by atoms with E-state index in [4.69, 9.17) is 0 Å². The summed E-state index contributed by atoms with van der Waals surface area (Å²) in [4.78, 5) is 24.8. The van der Waals surface area contributed by atoms with Crippen molar-refractivity contribution in [2.24, 2.45) is 0 Å². The molecule has 0 atom stereocenters. The standard InChI is InChI=1S/C27H26F3N5O3S/c28-27(29,30)24-5-2-1-4-23(24)25(36)33-13-15-34(16-14-33)26-31-18-21(19-32-26)7-6-20-8-10-22(11-9-20)35-12-3-17-39(35,37)38/h1-2,4-5,8-11,18-19,37-38H,3,12-17H2. The van der Waals surface area contributed by atoms with Gasteiger partial charge in [-0.1, -0.05) is 24.0 Å². The summed E-state index contributed by atoms with van der Waals surface area (Å²) in [6.07, 6.45) is -0.665. The Morgan fingerprint density at radius 2 is 1.51 bits per heavy atom. The van der Waals surface area contributed by atoms with Gasteiger partial charge in [-0.25, -0.2) is 9.97 Å². The third-order valence-corrected chi connectivity index (χ3v) is 8.53. The number of aromatic nitrogens is 2. The van der Waals surface area contributed by atoms with E-state index in [1.165, 1.54) is 23.1 Å². The highest BCUT2D eigenvalue weighted by Gasteiger charge is 2.36. The molecule has 0 radical (unpaired) electrons. The van der Waals surface area contributed by atoms with E-state index in [9.17, 15) is 27.1 Å². The van der Waals surface area contributed by atoms with Crippen molar-refractivity contribution in [3.63, 3.8) is 0 Å². The summed E-state index contributed by atoms with van der Waals surface area (Å²) in [6, 6.07) is 12.1. The quantitative estimate of drug-likeness (QED) is 0.450. The normalized spacial score (nSPS) is 17.9. The van der Waals surface area contributed by atoms with Gasteiger partial charge in [-0.15, -0.1) is 10.8 Å². The van der Waals surface area contributed by atoms with Gasteiger partial charge in [0.15, 0.2) is 0 Å². The average Bonchev–Trinajstić information content (AvgIpc) is 3.30. The molecule has 3 heterocycles. The second-order valence-electron chi connectivity index (χ2n) is 9.18. The fourth-order valence-electron chi connectivity index (χ4n) is 4.56. The molecule has 3 aromatic rings. The number of carbonyl (C=O) groups excluding carboxylic acids is 1. The van der Waals surface area contributed by atoms with Gasteiger partial charge in [0.1, 0.15) is 0 Å². The molecule has 2 N–H and O–H groups in total. The van der Waals surface area contributed by atoms with Crippen LogP contribution in [0.1, 0.15) is 33.5 Å². The van der Waals surface area contributed by atoms with Crippen LogP contribution in [0.3, 0.4) is 0 Å². The Bertz CT molecular complexity index is 1400. The lowest BCUT2D eigenvalue weighted by Crippen LogP contribution is -2.49. The van der Waals surface area contributed by atoms with Crippen LogP contribution in [-0.2, 0) is 6.18 Å². The Morgan fingerprint density at radius 1 is 0.872 bits per heavy atom. The number of amides is 1. The van der Waals surface area contributed by atoms with Gasteiger partial charge in [0.2, 0.25) is 5.95 Å². The maximum atomic E-state index is 13.3. The summed E-state index contributed by atoms with van der Waals surface area (Å²) < 4.78 is 61.9.